The second kappa shape index (κ2) is 6.27. The number of aryl methyl sites for hydroxylation is 1. The van der Waals surface area contributed by atoms with Crippen LogP contribution in [0.25, 0.3) is 0 Å². The Balaban J connectivity index is 1.95. The molecule has 108 valence electrons. The van der Waals surface area contributed by atoms with Crippen LogP contribution in [0.2, 0.25) is 0 Å². The predicted molar refractivity (Wildman–Crippen MR) is 76.8 cm³/mol. The van der Waals surface area contributed by atoms with Gasteiger partial charge in [0.2, 0.25) is 5.78 Å². The Morgan fingerprint density at radius 3 is 2.38 bits per heavy atom. The van der Waals surface area contributed by atoms with E-state index in [1.807, 2.05) is 13.0 Å². The lowest BCUT2D eigenvalue weighted by molar-refractivity contribution is -0.384. The van der Waals surface area contributed by atoms with E-state index in [9.17, 15) is 19.7 Å². The van der Waals surface area contributed by atoms with Crippen molar-refractivity contribution in [2.75, 3.05) is 6.61 Å². The molecule has 0 aliphatic heterocycles. The van der Waals surface area contributed by atoms with Crippen LogP contribution in [0.15, 0.2) is 36.4 Å². The molecule has 0 fully saturated rings. The number of non-ortho nitro benzene ring substituents is 1. The zero-order valence-corrected chi connectivity index (χ0v) is 11.9. The molecule has 1 aromatic carbocycles. The first-order valence-electron chi connectivity index (χ1n) is 5.98. The zero-order valence-electron chi connectivity index (χ0n) is 11.1. The van der Waals surface area contributed by atoms with Gasteiger partial charge in [0.05, 0.1) is 15.4 Å². The van der Waals surface area contributed by atoms with E-state index < -0.39 is 10.9 Å². The van der Waals surface area contributed by atoms with E-state index in [-0.39, 0.29) is 23.6 Å². The van der Waals surface area contributed by atoms with E-state index in [4.69, 9.17) is 4.74 Å². The number of nitro benzene ring substituents is 1. The summed E-state index contributed by atoms with van der Waals surface area (Å²) in [4.78, 5) is 35.0. The minimum atomic E-state index is -0.688. The van der Waals surface area contributed by atoms with E-state index >= 15 is 0 Å². The highest BCUT2D eigenvalue weighted by Gasteiger charge is 2.14. The van der Waals surface area contributed by atoms with Gasteiger partial charge in [-0.2, -0.15) is 0 Å². The largest absolute Gasteiger partial charge is 0.454 e. The molecule has 0 atom stereocenters. The first kappa shape index (κ1) is 14.9. The molecule has 0 bridgehead atoms. The molecule has 0 amide bonds. The number of benzene rings is 1. The quantitative estimate of drug-likeness (QED) is 0.367. The molecule has 0 saturated carbocycles. The molecule has 0 saturated heterocycles. The minimum absolute atomic E-state index is 0.114. The first-order valence-corrected chi connectivity index (χ1v) is 6.80. The van der Waals surface area contributed by atoms with Crippen LogP contribution in [-0.4, -0.2) is 23.3 Å². The number of nitro groups is 1. The van der Waals surface area contributed by atoms with E-state index in [1.54, 1.807) is 6.07 Å². The summed E-state index contributed by atoms with van der Waals surface area (Å²) >= 11 is 1.33. The van der Waals surface area contributed by atoms with Gasteiger partial charge >= 0.3 is 5.97 Å². The summed E-state index contributed by atoms with van der Waals surface area (Å²) in [6, 6.07) is 8.50. The van der Waals surface area contributed by atoms with Gasteiger partial charge in [-0.15, -0.1) is 11.3 Å². The van der Waals surface area contributed by atoms with Gasteiger partial charge in [-0.25, -0.2) is 4.79 Å². The number of Topliss-reactive ketones (excluding diaryl/α,β-unsaturated/α-hetero) is 1. The maximum Gasteiger partial charge on any atom is 0.338 e. The summed E-state index contributed by atoms with van der Waals surface area (Å²) in [6.07, 6.45) is 0. The molecule has 0 aliphatic carbocycles. The Morgan fingerprint density at radius 2 is 1.86 bits per heavy atom. The normalized spacial score (nSPS) is 10.1. The molecule has 6 nitrogen and oxygen atoms in total. The number of ether oxygens (including phenoxy) is 1. The molecule has 1 aromatic heterocycles. The minimum Gasteiger partial charge on any atom is -0.454 e. The van der Waals surface area contributed by atoms with Crippen LogP contribution in [0, 0.1) is 17.0 Å². The van der Waals surface area contributed by atoms with Crippen LogP contribution in [0.3, 0.4) is 0 Å². The number of ketones is 1. The summed E-state index contributed by atoms with van der Waals surface area (Å²) in [6.45, 7) is 1.53. The molecule has 0 aliphatic rings. The van der Waals surface area contributed by atoms with Crippen LogP contribution >= 0.6 is 11.3 Å². The Kier molecular flexibility index (Phi) is 4.44. The highest BCUT2D eigenvalue weighted by Crippen LogP contribution is 2.16. The molecule has 2 rings (SSSR count). The Hall–Kier alpha value is -2.54. The smallest absolute Gasteiger partial charge is 0.338 e. The Bertz CT molecular complexity index is 690. The lowest BCUT2D eigenvalue weighted by atomic mass is 10.2. The van der Waals surface area contributed by atoms with Gasteiger partial charge in [-0.3, -0.25) is 14.9 Å². The monoisotopic (exact) mass is 305 g/mol. The molecule has 1 heterocycles. The van der Waals surface area contributed by atoms with Crippen molar-refractivity contribution in [3.63, 3.8) is 0 Å². The van der Waals surface area contributed by atoms with E-state index in [1.165, 1.54) is 35.6 Å². The lowest BCUT2D eigenvalue weighted by Gasteiger charge is -2.03. The fraction of sp³-hybridized carbons (Fsp3) is 0.143. The third-order valence-corrected chi connectivity index (χ3v) is 3.71. The van der Waals surface area contributed by atoms with Gasteiger partial charge in [-0.05, 0) is 31.2 Å². The predicted octanol–water partition coefficient (Wildman–Crippen LogP) is 3.00. The van der Waals surface area contributed by atoms with Crippen molar-refractivity contribution in [1.29, 1.82) is 0 Å². The number of hydrogen-bond donors (Lipinski definition) is 0. The molecule has 0 N–H and O–H groups in total. The van der Waals surface area contributed by atoms with Crippen molar-refractivity contribution >= 4 is 28.8 Å². The number of esters is 1. The molecule has 0 unspecified atom stereocenters. The van der Waals surface area contributed by atoms with Crippen LogP contribution in [-0.2, 0) is 4.74 Å². The maximum absolute atomic E-state index is 11.8. The molecule has 7 heteroatoms. The van der Waals surface area contributed by atoms with Crippen molar-refractivity contribution in [3.05, 3.63) is 61.8 Å². The highest BCUT2D eigenvalue weighted by molar-refractivity contribution is 7.14. The van der Waals surface area contributed by atoms with Gasteiger partial charge in [0.25, 0.3) is 5.69 Å². The second-order valence-corrected chi connectivity index (χ2v) is 5.50. The van der Waals surface area contributed by atoms with Crippen molar-refractivity contribution in [3.8, 4) is 0 Å². The third kappa shape index (κ3) is 3.73. The van der Waals surface area contributed by atoms with Crippen molar-refractivity contribution in [2.45, 2.75) is 6.92 Å². The van der Waals surface area contributed by atoms with E-state index in [2.05, 4.69) is 0 Å². The highest BCUT2D eigenvalue weighted by atomic mass is 32.1. The van der Waals surface area contributed by atoms with Crippen molar-refractivity contribution in [2.24, 2.45) is 0 Å². The number of thiophene rings is 1. The number of carbonyl (C=O) groups excluding carboxylic acids is 2. The average Bonchev–Trinajstić information content (AvgIpc) is 2.91. The average molecular weight is 305 g/mol. The maximum atomic E-state index is 11.8. The van der Waals surface area contributed by atoms with Crippen LogP contribution in [0.5, 0.6) is 0 Å². The number of carbonyl (C=O) groups is 2. The van der Waals surface area contributed by atoms with Gasteiger partial charge in [-0.1, -0.05) is 0 Å². The zero-order chi connectivity index (χ0) is 15.4. The van der Waals surface area contributed by atoms with Gasteiger partial charge < -0.3 is 4.74 Å². The summed E-state index contributed by atoms with van der Waals surface area (Å²) in [5, 5.41) is 10.5. The summed E-state index contributed by atoms with van der Waals surface area (Å²) in [7, 11) is 0. The van der Waals surface area contributed by atoms with Gasteiger partial charge in [0.15, 0.2) is 6.61 Å². The van der Waals surface area contributed by atoms with Gasteiger partial charge in [0.1, 0.15) is 0 Å². The standard InChI is InChI=1S/C14H11NO5S/c1-9-2-7-13(21-9)12(16)8-20-14(17)10-3-5-11(6-4-10)15(18)19/h2-7H,8H2,1H3. The fourth-order valence-corrected chi connectivity index (χ4v) is 2.38. The number of hydrogen-bond acceptors (Lipinski definition) is 6. The molecule has 0 spiro atoms. The molecule has 2 aromatic rings. The van der Waals surface area contributed by atoms with Gasteiger partial charge in [0, 0.05) is 17.0 Å². The number of rotatable bonds is 5. The van der Waals surface area contributed by atoms with E-state index in [0.29, 0.717) is 4.88 Å². The second-order valence-electron chi connectivity index (χ2n) is 4.21. The molecule has 0 radical (unpaired) electrons. The summed E-state index contributed by atoms with van der Waals surface area (Å²) in [5.41, 5.74) is 0.0486. The molecule has 21 heavy (non-hydrogen) atoms. The van der Waals surface area contributed by atoms with Crippen molar-refractivity contribution in [1.82, 2.24) is 0 Å². The molecular weight excluding hydrogens is 294 g/mol. The summed E-state index contributed by atoms with van der Waals surface area (Å²) in [5.74, 6) is -0.963. The van der Waals surface area contributed by atoms with Crippen molar-refractivity contribution < 1.29 is 19.2 Å². The number of nitrogens with zero attached hydrogens (tertiary/aromatic N) is 1. The SMILES string of the molecule is Cc1ccc(C(=O)COC(=O)c2ccc([N+](=O)[O-])cc2)s1. The topological polar surface area (TPSA) is 86.5 Å². The summed E-state index contributed by atoms with van der Waals surface area (Å²) < 4.78 is 4.90. The van der Waals surface area contributed by atoms with E-state index in [0.717, 1.165) is 4.88 Å². The first-order chi connectivity index (χ1) is 9.97. The Morgan fingerprint density at radius 1 is 1.19 bits per heavy atom. The lowest BCUT2D eigenvalue weighted by Crippen LogP contribution is -2.13. The van der Waals surface area contributed by atoms with Crippen LogP contribution < -0.4 is 0 Å². The third-order valence-electron chi connectivity index (χ3n) is 2.66. The Labute approximate surface area is 124 Å². The van der Waals surface area contributed by atoms with Crippen LogP contribution in [0.4, 0.5) is 5.69 Å². The molecular formula is C14H11NO5S. The van der Waals surface area contributed by atoms with Crippen LogP contribution in [0.1, 0.15) is 24.9 Å². The fourth-order valence-electron chi connectivity index (χ4n) is 1.59.